The summed E-state index contributed by atoms with van der Waals surface area (Å²) in [5.74, 6) is -0.324. The van der Waals surface area contributed by atoms with Gasteiger partial charge in [0.1, 0.15) is 0 Å². The number of phenols is 1. The number of phenolic OH excluding ortho intramolecular Hbond substituents is 1. The topological polar surface area (TPSA) is 104 Å². The van der Waals surface area contributed by atoms with Crippen LogP contribution >= 0.6 is 0 Å². The summed E-state index contributed by atoms with van der Waals surface area (Å²) in [7, 11) is 2.89. The molecule has 8 nitrogen and oxygen atoms in total. The monoisotopic (exact) mass is 400 g/mol. The lowest BCUT2D eigenvalue weighted by Gasteiger charge is -2.37. The molecule has 1 fully saturated rings. The molecule has 2 aliphatic heterocycles. The molecule has 2 aromatic rings. The van der Waals surface area contributed by atoms with Crippen molar-refractivity contribution in [2.24, 2.45) is 11.8 Å². The van der Waals surface area contributed by atoms with Gasteiger partial charge in [0, 0.05) is 11.8 Å². The van der Waals surface area contributed by atoms with Gasteiger partial charge in [-0.2, -0.15) is 0 Å². The van der Waals surface area contributed by atoms with Crippen molar-refractivity contribution in [2.75, 3.05) is 27.6 Å². The highest BCUT2D eigenvalue weighted by Crippen LogP contribution is 2.55. The van der Waals surface area contributed by atoms with E-state index in [1.54, 1.807) is 24.3 Å². The Bertz CT molecular complexity index is 975. The van der Waals surface area contributed by atoms with Crippen molar-refractivity contribution < 1.29 is 38.7 Å². The summed E-state index contributed by atoms with van der Waals surface area (Å²) in [6, 6.07) is 6.93. The van der Waals surface area contributed by atoms with E-state index in [9.17, 15) is 15.0 Å². The maximum atomic E-state index is 12.7. The lowest BCUT2D eigenvalue weighted by atomic mass is 9.66. The Kier molecular flexibility index (Phi) is 3.99. The fourth-order valence-corrected chi connectivity index (χ4v) is 4.63. The molecule has 2 aromatic carbocycles. The van der Waals surface area contributed by atoms with Gasteiger partial charge in [-0.1, -0.05) is 0 Å². The summed E-state index contributed by atoms with van der Waals surface area (Å²) in [6.45, 7) is 0.246. The zero-order valence-electron chi connectivity index (χ0n) is 15.9. The maximum Gasteiger partial charge on any atom is 0.310 e. The summed E-state index contributed by atoms with van der Waals surface area (Å²) in [5, 5.41) is 21.3. The Hall–Kier alpha value is -3.13. The van der Waals surface area contributed by atoms with E-state index in [4.69, 9.17) is 23.7 Å². The summed E-state index contributed by atoms with van der Waals surface area (Å²) >= 11 is 0. The smallest absolute Gasteiger partial charge is 0.310 e. The third-order valence-corrected chi connectivity index (χ3v) is 6.01. The van der Waals surface area contributed by atoms with Gasteiger partial charge in [-0.25, -0.2) is 0 Å². The normalized spacial score (nSPS) is 26.5. The number of benzene rings is 2. The van der Waals surface area contributed by atoms with Crippen molar-refractivity contribution in [1.29, 1.82) is 0 Å². The Balaban J connectivity index is 1.75. The number of ether oxygens (including phenoxy) is 5. The number of carbonyl (C=O) groups excluding carboxylic acids is 1. The number of rotatable bonds is 3. The molecule has 0 radical (unpaired) electrons. The Labute approximate surface area is 166 Å². The van der Waals surface area contributed by atoms with Crippen molar-refractivity contribution in [2.45, 2.75) is 12.0 Å². The number of hydrogen-bond acceptors (Lipinski definition) is 8. The molecule has 0 spiro atoms. The first-order chi connectivity index (χ1) is 14.0. The molecule has 4 atom stereocenters. The second-order valence-electron chi connectivity index (χ2n) is 7.35. The van der Waals surface area contributed by atoms with E-state index in [2.05, 4.69) is 0 Å². The summed E-state index contributed by atoms with van der Waals surface area (Å²) in [6.07, 6.45) is -0.867. The molecule has 29 heavy (non-hydrogen) atoms. The van der Waals surface area contributed by atoms with Gasteiger partial charge in [0.15, 0.2) is 23.0 Å². The lowest BCUT2D eigenvalue weighted by Crippen LogP contribution is -2.34. The van der Waals surface area contributed by atoms with Gasteiger partial charge in [-0.15, -0.1) is 0 Å². The first-order valence-electron chi connectivity index (χ1n) is 9.26. The van der Waals surface area contributed by atoms with Crippen LogP contribution in [0.2, 0.25) is 0 Å². The van der Waals surface area contributed by atoms with Gasteiger partial charge < -0.3 is 33.9 Å². The van der Waals surface area contributed by atoms with E-state index >= 15 is 0 Å². The van der Waals surface area contributed by atoms with Crippen LogP contribution in [0, 0.1) is 11.8 Å². The maximum absolute atomic E-state index is 12.7. The fourth-order valence-electron chi connectivity index (χ4n) is 4.63. The summed E-state index contributed by atoms with van der Waals surface area (Å²) < 4.78 is 26.9. The van der Waals surface area contributed by atoms with Crippen molar-refractivity contribution in [3.05, 3.63) is 41.0 Å². The Morgan fingerprint density at radius 1 is 0.966 bits per heavy atom. The van der Waals surface area contributed by atoms with Crippen molar-refractivity contribution in [3.63, 3.8) is 0 Å². The number of aliphatic hydroxyl groups excluding tert-OH is 1. The zero-order valence-corrected chi connectivity index (χ0v) is 15.9. The number of carbonyl (C=O) groups is 1. The number of hydrogen-bond donors (Lipinski definition) is 2. The van der Waals surface area contributed by atoms with Gasteiger partial charge in [-0.05, 0) is 41.0 Å². The van der Waals surface area contributed by atoms with E-state index in [1.165, 1.54) is 14.2 Å². The minimum atomic E-state index is -0.867. The van der Waals surface area contributed by atoms with Crippen LogP contribution in [0.3, 0.4) is 0 Å². The van der Waals surface area contributed by atoms with Crippen LogP contribution in [0.15, 0.2) is 24.3 Å². The second-order valence-corrected chi connectivity index (χ2v) is 7.35. The van der Waals surface area contributed by atoms with Gasteiger partial charge in [-0.3, -0.25) is 4.79 Å². The summed E-state index contributed by atoms with van der Waals surface area (Å²) in [5.41, 5.74) is 2.12. The molecule has 8 heteroatoms. The highest BCUT2D eigenvalue weighted by Gasteiger charge is 2.52. The van der Waals surface area contributed by atoms with Crippen LogP contribution in [0.5, 0.6) is 28.7 Å². The lowest BCUT2D eigenvalue weighted by molar-refractivity contribution is -0.141. The van der Waals surface area contributed by atoms with Gasteiger partial charge in [0.2, 0.25) is 12.5 Å². The molecule has 0 saturated carbocycles. The Morgan fingerprint density at radius 3 is 2.21 bits per heavy atom. The van der Waals surface area contributed by atoms with Crippen molar-refractivity contribution >= 4 is 5.97 Å². The van der Waals surface area contributed by atoms with E-state index in [0.717, 1.165) is 5.56 Å². The highest BCUT2D eigenvalue weighted by molar-refractivity contribution is 5.79. The molecule has 0 bridgehead atoms. The molecule has 3 aliphatic rings. The number of fused-ring (bicyclic) bond motifs is 3. The minimum absolute atomic E-state index is 0.106. The van der Waals surface area contributed by atoms with Gasteiger partial charge in [0.05, 0.1) is 32.8 Å². The minimum Gasteiger partial charge on any atom is -0.502 e. The Morgan fingerprint density at radius 2 is 1.59 bits per heavy atom. The molecule has 0 aromatic heterocycles. The van der Waals surface area contributed by atoms with Crippen LogP contribution in [0.1, 0.15) is 28.7 Å². The van der Waals surface area contributed by atoms with Crippen LogP contribution in [-0.2, 0) is 9.53 Å². The van der Waals surface area contributed by atoms with E-state index < -0.39 is 23.9 Å². The fraction of sp³-hybridized carbons (Fsp3) is 0.381. The molecule has 1 aliphatic carbocycles. The molecule has 0 amide bonds. The van der Waals surface area contributed by atoms with Gasteiger partial charge >= 0.3 is 5.97 Å². The zero-order chi connectivity index (χ0) is 20.3. The molecular formula is C21H20O8. The molecule has 152 valence electrons. The number of aliphatic hydroxyl groups is 1. The largest absolute Gasteiger partial charge is 0.502 e. The number of cyclic esters (lactones) is 1. The SMILES string of the molecule is COc1cc(C2c3cc4c(cc3C(O)[C@H]3COC(=O)C23)OCO4)cc(OC)c1O. The molecule has 5 rings (SSSR count). The average Bonchev–Trinajstić information content (AvgIpc) is 3.34. The quantitative estimate of drug-likeness (QED) is 0.755. The van der Waals surface area contributed by atoms with Crippen molar-refractivity contribution in [3.8, 4) is 28.7 Å². The molecule has 2 N–H and O–H groups in total. The van der Waals surface area contributed by atoms with Crippen LogP contribution in [-0.4, -0.2) is 43.8 Å². The van der Waals surface area contributed by atoms with E-state index in [-0.39, 0.29) is 36.6 Å². The first kappa shape index (κ1) is 17.9. The van der Waals surface area contributed by atoms with E-state index in [0.29, 0.717) is 22.6 Å². The molecule has 2 heterocycles. The molecule has 1 saturated heterocycles. The molecule has 3 unspecified atom stereocenters. The van der Waals surface area contributed by atoms with Gasteiger partial charge in [0.25, 0.3) is 0 Å². The van der Waals surface area contributed by atoms with Crippen LogP contribution in [0.25, 0.3) is 0 Å². The number of esters is 1. The number of aromatic hydroxyl groups is 1. The van der Waals surface area contributed by atoms with Crippen LogP contribution in [0.4, 0.5) is 0 Å². The predicted molar refractivity (Wildman–Crippen MR) is 98.5 cm³/mol. The third kappa shape index (κ3) is 2.52. The number of methoxy groups -OCH3 is 2. The van der Waals surface area contributed by atoms with Crippen LogP contribution < -0.4 is 18.9 Å². The first-order valence-corrected chi connectivity index (χ1v) is 9.26. The predicted octanol–water partition coefficient (Wildman–Crippen LogP) is 2.11. The molecular weight excluding hydrogens is 380 g/mol. The summed E-state index contributed by atoms with van der Waals surface area (Å²) in [4.78, 5) is 12.7. The highest BCUT2D eigenvalue weighted by atomic mass is 16.7. The van der Waals surface area contributed by atoms with E-state index in [1.807, 2.05) is 0 Å². The third-order valence-electron chi connectivity index (χ3n) is 6.01. The second kappa shape index (κ2) is 6.45. The van der Waals surface area contributed by atoms with Crippen molar-refractivity contribution in [1.82, 2.24) is 0 Å². The average molecular weight is 400 g/mol. The standard InChI is InChI=1S/C21H20O8/c1-25-15-3-9(4-16(26-2)20(15)23)17-10-5-13-14(29-8-28-13)6-11(10)19(22)12-7-27-21(24)18(12)17/h3-6,12,17-19,22-23H,7-8H2,1-2H3/t12-,17?,18?,19?/m0/s1.